The van der Waals surface area contributed by atoms with Crippen LogP contribution in [-0.2, 0) is 4.79 Å². The Morgan fingerprint density at radius 1 is 0.923 bits per heavy atom. The van der Waals surface area contributed by atoms with Crippen molar-refractivity contribution in [3.63, 3.8) is 0 Å². The molecule has 1 amide bonds. The highest BCUT2D eigenvalue weighted by molar-refractivity contribution is 5.85. The molecule has 5 heteroatoms. The molecule has 5 nitrogen and oxygen atoms in total. The van der Waals surface area contributed by atoms with E-state index in [2.05, 4.69) is 58.8 Å². The minimum Gasteiger partial charge on any atom is -0.385 e. The molecule has 0 aliphatic rings. The molecule has 0 saturated heterocycles. The van der Waals surface area contributed by atoms with Crippen LogP contribution in [0.3, 0.4) is 0 Å². The number of nitrogens with one attached hydrogen (secondary N) is 3. The van der Waals surface area contributed by atoms with Gasteiger partial charge in [0.25, 0.3) is 0 Å². The lowest BCUT2D eigenvalue weighted by molar-refractivity contribution is -0.129. The van der Waals surface area contributed by atoms with E-state index >= 15 is 0 Å². The van der Waals surface area contributed by atoms with Gasteiger partial charge in [-0.3, -0.25) is 10.0 Å². The first-order chi connectivity index (χ1) is 12.8. The van der Waals surface area contributed by atoms with Crippen molar-refractivity contribution in [3.05, 3.63) is 54.7 Å². The molecule has 0 bridgehead atoms. The van der Waals surface area contributed by atoms with Crippen LogP contribution in [0, 0.1) is 0 Å². The second-order valence-electron chi connectivity index (χ2n) is 6.48. The van der Waals surface area contributed by atoms with Gasteiger partial charge in [0.1, 0.15) is 0 Å². The maximum Gasteiger partial charge on any atom is 0.243 e. The number of aromatic amines is 1. The second kappa shape index (κ2) is 9.06. The van der Waals surface area contributed by atoms with Gasteiger partial charge in [-0.1, -0.05) is 31.0 Å². The van der Waals surface area contributed by atoms with E-state index in [-0.39, 0.29) is 5.91 Å². The molecular weight excluding hydrogens is 326 g/mol. The van der Waals surface area contributed by atoms with Crippen molar-refractivity contribution in [2.45, 2.75) is 32.1 Å². The summed E-state index contributed by atoms with van der Waals surface area (Å²) in [6.07, 6.45) is 6.29. The van der Waals surface area contributed by atoms with Gasteiger partial charge in [-0.15, -0.1) is 0 Å². The molecule has 2 aromatic carbocycles. The summed E-state index contributed by atoms with van der Waals surface area (Å²) in [5.41, 5.74) is 6.36. The molecule has 0 radical (unpaired) electrons. The van der Waals surface area contributed by atoms with Gasteiger partial charge >= 0.3 is 0 Å². The smallest absolute Gasteiger partial charge is 0.243 e. The SMILES string of the molecule is O=C(CCCCCCNc1ccc(-c2ccc3[nH]ccc3c2)cc1)NO. The number of benzene rings is 2. The summed E-state index contributed by atoms with van der Waals surface area (Å²) in [6.45, 7) is 0.918. The fraction of sp³-hybridized carbons (Fsp3) is 0.286. The van der Waals surface area contributed by atoms with E-state index in [1.165, 1.54) is 16.5 Å². The molecule has 0 saturated carbocycles. The third-order valence-electron chi connectivity index (χ3n) is 4.56. The van der Waals surface area contributed by atoms with E-state index in [0.717, 1.165) is 43.4 Å². The second-order valence-corrected chi connectivity index (χ2v) is 6.48. The summed E-state index contributed by atoms with van der Waals surface area (Å²) in [5, 5.41) is 13.1. The fourth-order valence-electron chi connectivity index (χ4n) is 3.07. The van der Waals surface area contributed by atoms with Crippen molar-refractivity contribution in [3.8, 4) is 11.1 Å². The molecule has 4 N–H and O–H groups in total. The molecule has 0 aliphatic carbocycles. The van der Waals surface area contributed by atoms with Crippen LogP contribution in [0.15, 0.2) is 54.7 Å². The Kier molecular flexibility index (Phi) is 6.28. The van der Waals surface area contributed by atoms with Crippen molar-refractivity contribution in [2.75, 3.05) is 11.9 Å². The van der Waals surface area contributed by atoms with Crippen LogP contribution < -0.4 is 10.8 Å². The maximum absolute atomic E-state index is 10.9. The van der Waals surface area contributed by atoms with E-state index < -0.39 is 0 Å². The lowest BCUT2D eigenvalue weighted by atomic mass is 10.0. The minimum atomic E-state index is -0.307. The largest absolute Gasteiger partial charge is 0.385 e. The van der Waals surface area contributed by atoms with E-state index in [1.807, 2.05) is 6.20 Å². The normalized spacial score (nSPS) is 10.8. The summed E-state index contributed by atoms with van der Waals surface area (Å²) < 4.78 is 0. The van der Waals surface area contributed by atoms with Gasteiger partial charge in [0, 0.05) is 30.4 Å². The highest BCUT2D eigenvalue weighted by Crippen LogP contribution is 2.25. The van der Waals surface area contributed by atoms with Crippen LogP contribution >= 0.6 is 0 Å². The number of rotatable bonds is 9. The van der Waals surface area contributed by atoms with Gasteiger partial charge in [-0.05, 0) is 59.7 Å². The van der Waals surface area contributed by atoms with Crippen molar-refractivity contribution < 1.29 is 10.0 Å². The molecular formula is C21H25N3O2. The quantitative estimate of drug-likeness (QED) is 0.256. The van der Waals surface area contributed by atoms with Gasteiger partial charge in [0.05, 0.1) is 0 Å². The van der Waals surface area contributed by atoms with E-state index in [9.17, 15) is 4.79 Å². The molecule has 0 fully saturated rings. The zero-order chi connectivity index (χ0) is 18.2. The summed E-state index contributed by atoms with van der Waals surface area (Å²) >= 11 is 0. The highest BCUT2D eigenvalue weighted by Gasteiger charge is 2.01. The predicted octanol–water partition coefficient (Wildman–Crippen LogP) is 4.70. The molecule has 1 heterocycles. The van der Waals surface area contributed by atoms with Crippen LogP contribution in [0.5, 0.6) is 0 Å². The number of hydrogen-bond acceptors (Lipinski definition) is 3. The Hall–Kier alpha value is -2.79. The number of hydrogen-bond donors (Lipinski definition) is 4. The number of carbonyl (C=O) groups is 1. The first kappa shape index (κ1) is 18.0. The fourth-order valence-corrected chi connectivity index (χ4v) is 3.07. The predicted molar refractivity (Wildman–Crippen MR) is 105 cm³/mol. The molecule has 0 spiro atoms. The molecule has 0 aliphatic heterocycles. The summed E-state index contributed by atoms with van der Waals surface area (Å²) in [4.78, 5) is 14.1. The van der Waals surface area contributed by atoms with E-state index in [0.29, 0.717) is 6.42 Å². The molecule has 0 atom stereocenters. The third kappa shape index (κ3) is 4.86. The number of carbonyl (C=O) groups excluding carboxylic acids is 1. The van der Waals surface area contributed by atoms with Crippen molar-refractivity contribution >= 4 is 22.5 Å². The molecule has 3 aromatic rings. The Labute approximate surface area is 153 Å². The zero-order valence-electron chi connectivity index (χ0n) is 14.8. The average molecular weight is 351 g/mol. The average Bonchev–Trinajstić information content (AvgIpc) is 3.15. The Balaban J connectivity index is 1.42. The number of anilines is 1. The summed E-state index contributed by atoms with van der Waals surface area (Å²) in [6, 6.07) is 17.0. The van der Waals surface area contributed by atoms with Gasteiger partial charge in [-0.25, -0.2) is 5.48 Å². The van der Waals surface area contributed by atoms with E-state index in [4.69, 9.17) is 5.21 Å². The highest BCUT2D eigenvalue weighted by atomic mass is 16.5. The first-order valence-electron chi connectivity index (χ1n) is 9.10. The molecule has 3 rings (SSSR count). The van der Waals surface area contributed by atoms with Crippen molar-refractivity contribution in [1.29, 1.82) is 0 Å². The lowest BCUT2D eigenvalue weighted by Gasteiger charge is -2.08. The van der Waals surface area contributed by atoms with Gasteiger partial charge in [-0.2, -0.15) is 0 Å². The van der Waals surface area contributed by atoms with Crippen molar-refractivity contribution in [1.82, 2.24) is 10.5 Å². The summed E-state index contributed by atoms with van der Waals surface area (Å²) in [7, 11) is 0. The zero-order valence-corrected chi connectivity index (χ0v) is 14.8. The number of aromatic nitrogens is 1. The van der Waals surface area contributed by atoms with Crippen LogP contribution in [-0.4, -0.2) is 22.6 Å². The third-order valence-corrected chi connectivity index (χ3v) is 4.56. The van der Waals surface area contributed by atoms with Crippen molar-refractivity contribution in [2.24, 2.45) is 0 Å². The minimum absolute atomic E-state index is 0.307. The molecule has 26 heavy (non-hydrogen) atoms. The first-order valence-corrected chi connectivity index (χ1v) is 9.10. The standard InChI is InChI=1S/C21H25N3O2/c25-21(24-26)5-3-1-2-4-13-22-19-9-6-16(7-10-19)17-8-11-20-18(15-17)12-14-23-20/h6-12,14-15,22-23,26H,1-5,13H2,(H,24,25). The number of amides is 1. The number of fused-ring (bicyclic) bond motifs is 1. The molecule has 136 valence electrons. The van der Waals surface area contributed by atoms with Gasteiger partial charge in [0.2, 0.25) is 5.91 Å². The van der Waals surface area contributed by atoms with Crippen LogP contribution in [0.2, 0.25) is 0 Å². The number of H-pyrrole nitrogens is 1. The summed E-state index contributed by atoms with van der Waals surface area (Å²) in [5.74, 6) is -0.307. The van der Waals surface area contributed by atoms with Crippen LogP contribution in [0.4, 0.5) is 5.69 Å². The maximum atomic E-state index is 10.9. The molecule has 1 aromatic heterocycles. The lowest BCUT2D eigenvalue weighted by Crippen LogP contribution is -2.17. The topological polar surface area (TPSA) is 77.2 Å². The molecule has 0 unspecified atom stereocenters. The van der Waals surface area contributed by atoms with Gasteiger partial charge < -0.3 is 10.3 Å². The Morgan fingerprint density at radius 2 is 1.69 bits per heavy atom. The van der Waals surface area contributed by atoms with Crippen LogP contribution in [0.1, 0.15) is 32.1 Å². The van der Waals surface area contributed by atoms with Gasteiger partial charge in [0.15, 0.2) is 0 Å². The van der Waals surface area contributed by atoms with E-state index in [1.54, 1.807) is 5.48 Å². The Morgan fingerprint density at radius 3 is 2.50 bits per heavy atom. The number of unbranched alkanes of at least 4 members (excludes halogenated alkanes) is 3. The van der Waals surface area contributed by atoms with Crippen LogP contribution in [0.25, 0.3) is 22.0 Å². The Bertz CT molecular complexity index is 840. The number of hydroxylamine groups is 1. The monoisotopic (exact) mass is 351 g/mol.